The van der Waals surface area contributed by atoms with Crippen molar-refractivity contribution < 1.29 is 0 Å². The Morgan fingerprint density at radius 1 is 1.57 bits per heavy atom. The fourth-order valence-corrected chi connectivity index (χ4v) is 1.84. The van der Waals surface area contributed by atoms with Crippen molar-refractivity contribution in [3.8, 4) is 0 Å². The van der Waals surface area contributed by atoms with E-state index in [1.165, 1.54) is 12.8 Å². The number of hydrogen-bond acceptors (Lipinski definition) is 3. The van der Waals surface area contributed by atoms with Gasteiger partial charge in [0.15, 0.2) is 0 Å². The van der Waals surface area contributed by atoms with Crippen LogP contribution in [-0.4, -0.2) is 28.1 Å². The molecule has 0 atom stereocenters. The van der Waals surface area contributed by atoms with Gasteiger partial charge in [-0.2, -0.15) is 0 Å². The van der Waals surface area contributed by atoms with Gasteiger partial charge < -0.3 is 5.32 Å². The highest BCUT2D eigenvalue weighted by Gasteiger charge is 2.17. The SMILES string of the molecule is C=CCn1cc(C2CCNCC2)nn1. The Labute approximate surface area is 84.0 Å². The zero-order chi connectivity index (χ0) is 9.80. The molecule has 2 rings (SSSR count). The maximum atomic E-state index is 4.20. The normalized spacial score (nSPS) is 18.3. The molecule has 1 aliphatic heterocycles. The minimum absolute atomic E-state index is 0.592. The van der Waals surface area contributed by atoms with Crippen molar-refractivity contribution >= 4 is 0 Å². The highest BCUT2D eigenvalue weighted by Crippen LogP contribution is 2.22. The van der Waals surface area contributed by atoms with Gasteiger partial charge in [0.05, 0.1) is 12.2 Å². The van der Waals surface area contributed by atoms with Crippen LogP contribution in [-0.2, 0) is 6.54 Å². The molecule has 0 saturated carbocycles. The minimum Gasteiger partial charge on any atom is -0.317 e. The van der Waals surface area contributed by atoms with Crippen LogP contribution in [0.2, 0.25) is 0 Å². The fraction of sp³-hybridized carbons (Fsp3) is 0.600. The van der Waals surface area contributed by atoms with Gasteiger partial charge >= 0.3 is 0 Å². The average molecular weight is 192 g/mol. The van der Waals surface area contributed by atoms with E-state index >= 15 is 0 Å². The number of allylic oxidation sites excluding steroid dienone is 1. The van der Waals surface area contributed by atoms with E-state index in [2.05, 4.69) is 22.2 Å². The Kier molecular flexibility index (Phi) is 2.93. The summed E-state index contributed by atoms with van der Waals surface area (Å²) in [5.41, 5.74) is 1.13. The number of nitrogens with one attached hydrogen (secondary N) is 1. The van der Waals surface area contributed by atoms with E-state index in [0.717, 1.165) is 25.3 Å². The lowest BCUT2D eigenvalue weighted by atomic mass is 9.95. The second kappa shape index (κ2) is 4.37. The predicted molar refractivity (Wildman–Crippen MR) is 55.1 cm³/mol. The zero-order valence-electron chi connectivity index (χ0n) is 8.32. The van der Waals surface area contributed by atoms with Gasteiger partial charge in [-0.15, -0.1) is 11.7 Å². The lowest BCUT2D eigenvalue weighted by Gasteiger charge is -2.19. The molecule has 0 aromatic carbocycles. The van der Waals surface area contributed by atoms with Crippen LogP contribution in [0.3, 0.4) is 0 Å². The van der Waals surface area contributed by atoms with Crippen LogP contribution in [0.25, 0.3) is 0 Å². The summed E-state index contributed by atoms with van der Waals surface area (Å²) < 4.78 is 1.84. The molecule has 1 saturated heterocycles. The van der Waals surface area contributed by atoms with Crippen LogP contribution in [0.15, 0.2) is 18.9 Å². The van der Waals surface area contributed by atoms with Gasteiger partial charge in [0.2, 0.25) is 0 Å². The Morgan fingerprint density at radius 2 is 2.36 bits per heavy atom. The maximum absolute atomic E-state index is 4.20. The Balaban J connectivity index is 2.03. The van der Waals surface area contributed by atoms with Crippen LogP contribution in [0.5, 0.6) is 0 Å². The van der Waals surface area contributed by atoms with Crippen LogP contribution in [0, 0.1) is 0 Å². The van der Waals surface area contributed by atoms with Crippen molar-refractivity contribution in [1.82, 2.24) is 20.3 Å². The molecule has 1 aliphatic rings. The fourth-order valence-electron chi connectivity index (χ4n) is 1.84. The van der Waals surface area contributed by atoms with Crippen LogP contribution in [0.4, 0.5) is 0 Å². The van der Waals surface area contributed by atoms with E-state index in [4.69, 9.17) is 0 Å². The molecule has 1 aromatic rings. The van der Waals surface area contributed by atoms with Crippen molar-refractivity contribution in [3.05, 3.63) is 24.5 Å². The quantitative estimate of drug-likeness (QED) is 0.724. The Hall–Kier alpha value is -1.16. The third-order valence-corrected chi connectivity index (χ3v) is 2.63. The molecule has 0 amide bonds. The molecular formula is C10H16N4. The monoisotopic (exact) mass is 192 g/mol. The molecule has 0 radical (unpaired) electrons. The second-order valence-corrected chi connectivity index (χ2v) is 3.68. The zero-order valence-corrected chi connectivity index (χ0v) is 8.32. The van der Waals surface area contributed by atoms with Gasteiger partial charge in [0.1, 0.15) is 0 Å². The van der Waals surface area contributed by atoms with Crippen molar-refractivity contribution in [2.75, 3.05) is 13.1 Å². The van der Waals surface area contributed by atoms with E-state index in [-0.39, 0.29) is 0 Å². The minimum atomic E-state index is 0.592. The summed E-state index contributed by atoms with van der Waals surface area (Å²) in [6.07, 6.45) is 6.22. The average Bonchev–Trinajstić information content (AvgIpc) is 2.68. The summed E-state index contributed by atoms with van der Waals surface area (Å²) in [5.74, 6) is 0.592. The van der Waals surface area contributed by atoms with E-state index in [9.17, 15) is 0 Å². The highest BCUT2D eigenvalue weighted by molar-refractivity contribution is 5.03. The third kappa shape index (κ3) is 2.01. The van der Waals surface area contributed by atoms with E-state index in [1.54, 1.807) is 0 Å². The first-order chi connectivity index (χ1) is 6.90. The van der Waals surface area contributed by atoms with Crippen molar-refractivity contribution in [2.45, 2.75) is 25.3 Å². The van der Waals surface area contributed by atoms with Crippen LogP contribution >= 0.6 is 0 Å². The number of rotatable bonds is 3. The highest BCUT2D eigenvalue weighted by atomic mass is 15.4. The first-order valence-electron chi connectivity index (χ1n) is 5.12. The number of aromatic nitrogens is 3. The second-order valence-electron chi connectivity index (χ2n) is 3.68. The lowest BCUT2D eigenvalue weighted by molar-refractivity contribution is 0.453. The topological polar surface area (TPSA) is 42.7 Å². The summed E-state index contributed by atoms with van der Waals surface area (Å²) in [6, 6.07) is 0. The van der Waals surface area contributed by atoms with Gasteiger partial charge in [0, 0.05) is 12.1 Å². The number of piperidine rings is 1. The summed E-state index contributed by atoms with van der Waals surface area (Å²) in [5, 5.41) is 11.6. The molecule has 0 aliphatic carbocycles. The summed E-state index contributed by atoms with van der Waals surface area (Å²) >= 11 is 0. The maximum Gasteiger partial charge on any atom is 0.0859 e. The number of hydrogen-bond donors (Lipinski definition) is 1. The first kappa shape index (κ1) is 9.40. The van der Waals surface area contributed by atoms with Crippen molar-refractivity contribution in [3.63, 3.8) is 0 Å². The Morgan fingerprint density at radius 3 is 3.07 bits per heavy atom. The molecule has 1 fully saturated rings. The van der Waals surface area contributed by atoms with E-state index in [0.29, 0.717) is 5.92 Å². The lowest BCUT2D eigenvalue weighted by Crippen LogP contribution is -2.26. The Bertz CT molecular complexity index is 299. The van der Waals surface area contributed by atoms with Gasteiger partial charge in [0.25, 0.3) is 0 Å². The van der Waals surface area contributed by atoms with Gasteiger partial charge in [-0.3, -0.25) is 0 Å². The third-order valence-electron chi connectivity index (χ3n) is 2.63. The standard InChI is InChI=1S/C10H16N4/c1-2-7-14-8-10(12-13-14)9-3-5-11-6-4-9/h2,8-9,11H,1,3-7H2. The van der Waals surface area contributed by atoms with Gasteiger partial charge in [-0.25, -0.2) is 4.68 Å². The van der Waals surface area contributed by atoms with Gasteiger partial charge in [-0.1, -0.05) is 11.3 Å². The summed E-state index contributed by atoms with van der Waals surface area (Å²) in [4.78, 5) is 0. The molecule has 4 nitrogen and oxygen atoms in total. The van der Waals surface area contributed by atoms with Crippen molar-refractivity contribution in [2.24, 2.45) is 0 Å². The van der Waals surface area contributed by atoms with Crippen molar-refractivity contribution in [1.29, 1.82) is 0 Å². The predicted octanol–water partition coefficient (Wildman–Crippen LogP) is 0.931. The molecule has 76 valence electrons. The molecule has 4 heteroatoms. The molecular weight excluding hydrogens is 176 g/mol. The smallest absolute Gasteiger partial charge is 0.0859 e. The molecule has 0 unspecified atom stereocenters. The number of nitrogens with zero attached hydrogens (tertiary/aromatic N) is 3. The molecule has 1 aromatic heterocycles. The molecule has 1 N–H and O–H groups in total. The first-order valence-corrected chi connectivity index (χ1v) is 5.12. The van der Waals surface area contributed by atoms with Crippen LogP contribution in [0.1, 0.15) is 24.5 Å². The van der Waals surface area contributed by atoms with E-state index < -0.39 is 0 Å². The molecule has 14 heavy (non-hydrogen) atoms. The molecule has 0 spiro atoms. The van der Waals surface area contributed by atoms with Gasteiger partial charge in [-0.05, 0) is 25.9 Å². The summed E-state index contributed by atoms with van der Waals surface area (Å²) in [7, 11) is 0. The molecule has 0 bridgehead atoms. The van der Waals surface area contributed by atoms with Crippen LogP contribution < -0.4 is 5.32 Å². The largest absolute Gasteiger partial charge is 0.317 e. The molecule has 2 heterocycles. The van der Waals surface area contributed by atoms with E-state index in [1.807, 2.05) is 17.0 Å². The summed E-state index contributed by atoms with van der Waals surface area (Å²) in [6.45, 7) is 6.62.